The summed E-state index contributed by atoms with van der Waals surface area (Å²) in [4.78, 5) is 9.75. The zero-order valence-corrected chi connectivity index (χ0v) is 11.8. The van der Waals surface area contributed by atoms with E-state index in [0.717, 1.165) is 30.6 Å². The van der Waals surface area contributed by atoms with Crippen LogP contribution in [0.25, 0.3) is 0 Å². The lowest BCUT2D eigenvalue weighted by molar-refractivity contribution is 0.260. The molecule has 0 saturated carbocycles. The van der Waals surface area contributed by atoms with Crippen LogP contribution in [0.1, 0.15) is 30.5 Å². The molecule has 2 fully saturated rings. The van der Waals surface area contributed by atoms with Crippen molar-refractivity contribution in [1.82, 2.24) is 9.88 Å². The fourth-order valence-corrected chi connectivity index (χ4v) is 3.36. The van der Waals surface area contributed by atoms with Crippen LogP contribution in [0.15, 0.2) is 12.1 Å². The summed E-state index contributed by atoms with van der Waals surface area (Å²) in [5, 5.41) is 0. The number of nitrogens with zero attached hydrogens (tertiary/aromatic N) is 3. The molecule has 104 valence electrons. The average Bonchev–Trinajstić information content (AvgIpc) is 3.08. The van der Waals surface area contributed by atoms with E-state index in [-0.39, 0.29) is 0 Å². The van der Waals surface area contributed by atoms with E-state index in [4.69, 9.17) is 5.73 Å². The lowest BCUT2D eigenvalue weighted by Crippen LogP contribution is -2.35. The molecule has 2 aliphatic rings. The number of hydrogen-bond donors (Lipinski definition) is 1. The smallest absolute Gasteiger partial charge is 0.129 e. The van der Waals surface area contributed by atoms with Gasteiger partial charge in [-0.05, 0) is 57.0 Å². The molecule has 0 bridgehead atoms. The summed E-state index contributed by atoms with van der Waals surface area (Å²) in [6, 6.07) is 4.96. The number of aryl methyl sites for hydroxylation is 1. The van der Waals surface area contributed by atoms with Crippen molar-refractivity contribution in [2.24, 2.45) is 5.73 Å². The van der Waals surface area contributed by atoms with Crippen molar-refractivity contribution in [3.05, 3.63) is 23.4 Å². The first-order chi connectivity index (χ1) is 9.26. The molecule has 3 rings (SSSR count). The number of anilines is 1. The van der Waals surface area contributed by atoms with Crippen molar-refractivity contribution in [2.45, 2.75) is 38.8 Å². The highest BCUT2D eigenvalue weighted by Gasteiger charge is 2.29. The van der Waals surface area contributed by atoms with Crippen LogP contribution in [-0.4, -0.2) is 42.1 Å². The van der Waals surface area contributed by atoms with Crippen LogP contribution >= 0.6 is 0 Å². The summed E-state index contributed by atoms with van der Waals surface area (Å²) in [7, 11) is 0. The second-order valence-corrected chi connectivity index (χ2v) is 5.81. The Balaban J connectivity index is 1.71. The molecule has 2 aliphatic heterocycles. The first-order valence-electron chi connectivity index (χ1n) is 7.43. The zero-order chi connectivity index (χ0) is 13.2. The van der Waals surface area contributed by atoms with Gasteiger partial charge in [0, 0.05) is 31.4 Å². The van der Waals surface area contributed by atoms with Crippen molar-refractivity contribution in [1.29, 1.82) is 0 Å². The number of aromatic nitrogens is 1. The first-order valence-corrected chi connectivity index (χ1v) is 7.43. The maximum atomic E-state index is 5.76. The average molecular weight is 260 g/mol. The SMILES string of the molecule is Cc1cc(CN)cc(N2CCC(N3CCCC3)C2)n1. The minimum atomic E-state index is 0.597. The van der Waals surface area contributed by atoms with Crippen molar-refractivity contribution in [3.8, 4) is 0 Å². The van der Waals surface area contributed by atoms with E-state index in [9.17, 15) is 0 Å². The Morgan fingerprint density at radius 3 is 2.79 bits per heavy atom. The largest absolute Gasteiger partial charge is 0.355 e. The van der Waals surface area contributed by atoms with Gasteiger partial charge in [-0.1, -0.05) is 0 Å². The fourth-order valence-electron chi connectivity index (χ4n) is 3.36. The van der Waals surface area contributed by atoms with Gasteiger partial charge < -0.3 is 10.6 Å². The van der Waals surface area contributed by atoms with Gasteiger partial charge in [0.2, 0.25) is 0 Å². The number of pyridine rings is 1. The summed E-state index contributed by atoms with van der Waals surface area (Å²) in [5.41, 5.74) is 8.02. The monoisotopic (exact) mass is 260 g/mol. The maximum Gasteiger partial charge on any atom is 0.129 e. The predicted molar refractivity (Wildman–Crippen MR) is 78.3 cm³/mol. The quantitative estimate of drug-likeness (QED) is 0.895. The molecule has 1 unspecified atom stereocenters. The third-order valence-corrected chi connectivity index (χ3v) is 4.38. The lowest BCUT2D eigenvalue weighted by atomic mass is 10.2. The molecule has 1 aromatic rings. The fraction of sp³-hybridized carbons (Fsp3) is 0.667. The standard InChI is InChI=1S/C15H24N4/c1-12-8-13(10-16)9-15(17-12)19-7-4-14(11-19)18-5-2-3-6-18/h8-9,14H,2-7,10-11,16H2,1H3. The molecule has 1 atom stereocenters. The summed E-state index contributed by atoms with van der Waals surface area (Å²) in [6.07, 6.45) is 4.01. The highest BCUT2D eigenvalue weighted by molar-refractivity contribution is 5.44. The van der Waals surface area contributed by atoms with Gasteiger partial charge in [-0.25, -0.2) is 4.98 Å². The zero-order valence-electron chi connectivity index (χ0n) is 11.8. The van der Waals surface area contributed by atoms with Crippen LogP contribution in [0.5, 0.6) is 0 Å². The van der Waals surface area contributed by atoms with E-state index in [1.165, 1.54) is 37.9 Å². The van der Waals surface area contributed by atoms with Crippen molar-refractivity contribution in [3.63, 3.8) is 0 Å². The Morgan fingerprint density at radius 1 is 1.26 bits per heavy atom. The normalized spacial score (nSPS) is 24.3. The summed E-state index contributed by atoms with van der Waals surface area (Å²) >= 11 is 0. The Morgan fingerprint density at radius 2 is 2.05 bits per heavy atom. The molecule has 19 heavy (non-hydrogen) atoms. The van der Waals surface area contributed by atoms with E-state index in [0.29, 0.717) is 6.54 Å². The number of likely N-dealkylation sites (tertiary alicyclic amines) is 1. The van der Waals surface area contributed by atoms with E-state index < -0.39 is 0 Å². The number of hydrogen-bond acceptors (Lipinski definition) is 4. The minimum absolute atomic E-state index is 0.597. The highest BCUT2D eigenvalue weighted by Crippen LogP contribution is 2.25. The molecule has 3 heterocycles. The van der Waals surface area contributed by atoms with E-state index in [2.05, 4.69) is 33.8 Å². The summed E-state index contributed by atoms with van der Waals surface area (Å²) in [6.45, 7) is 7.47. The van der Waals surface area contributed by atoms with E-state index >= 15 is 0 Å². The molecule has 0 amide bonds. The van der Waals surface area contributed by atoms with E-state index in [1.54, 1.807) is 0 Å². The second-order valence-electron chi connectivity index (χ2n) is 5.81. The third-order valence-electron chi connectivity index (χ3n) is 4.38. The van der Waals surface area contributed by atoms with Crippen LogP contribution in [0.3, 0.4) is 0 Å². The van der Waals surface area contributed by atoms with Crippen molar-refractivity contribution >= 4 is 5.82 Å². The molecule has 2 N–H and O–H groups in total. The number of rotatable bonds is 3. The molecule has 0 aliphatic carbocycles. The summed E-state index contributed by atoms with van der Waals surface area (Å²) < 4.78 is 0. The molecule has 0 aromatic carbocycles. The first kappa shape index (κ1) is 12.9. The molecule has 0 radical (unpaired) electrons. The molecular weight excluding hydrogens is 236 g/mol. The van der Waals surface area contributed by atoms with Crippen molar-refractivity contribution in [2.75, 3.05) is 31.1 Å². The van der Waals surface area contributed by atoms with E-state index in [1.807, 2.05) is 0 Å². The minimum Gasteiger partial charge on any atom is -0.355 e. The molecule has 4 nitrogen and oxygen atoms in total. The Kier molecular flexibility index (Phi) is 3.71. The van der Waals surface area contributed by atoms with Gasteiger partial charge >= 0.3 is 0 Å². The van der Waals surface area contributed by atoms with Crippen LogP contribution in [-0.2, 0) is 6.54 Å². The molecule has 2 saturated heterocycles. The van der Waals surface area contributed by atoms with Crippen LogP contribution < -0.4 is 10.6 Å². The molecule has 0 spiro atoms. The van der Waals surface area contributed by atoms with Crippen molar-refractivity contribution < 1.29 is 0 Å². The van der Waals surface area contributed by atoms with Gasteiger partial charge in [0.15, 0.2) is 0 Å². The topological polar surface area (TPSA) is 45.4 Å². The maximum absolute atomic E-state index is 5.76. The Hall–Kier alpha value is -1.13. The van der Waals surface area contributed by atoms with Crippen LogP contribution in [0.2, 0.25) is 0 Å². The predicted octanol–water partition coefficient (Wildman–Crippen LogP) is 1.52. The number of nitrogens with two attached hydrogens (primary N) is 1. The van der Waals surface area contributed by atoms with Gasteiger partial charge in [0.25, 0.3) is 0 Å². The van der Waals surface area contributed by atoms with Crippen LogP contribution in [0, 0.1) is 6.92 Å². The van der Waals surface area contributed by atoms with Gasteiger partial charge in [-0.2, -0.15) is 0 Å². The van der Waals surface area contributed by atoms with Gasteiger partial charge in [-0.3, -0.25) is 4.90 Å². The Bertz CT molecular complexity index is 440. The second kappa shape index (κ2) is 5.47. The van der Waals surface area contributed by atoms with Gasteiger partial charge in [-0.15, -0.1) is 0 Å². The molecule has 4 heteroatoms. The lowest BCUT2D eigenvalue weighted by Gasteiger charge is -2.24. The Labute approximate surface area is 115 Å². The van der Waals surface area contributed by atoms with Crippen LogP contribution in [0.4, 0.5) is 5.82 Å². The molecule has 1 aromatic heterocycles. The van der Waals surface area contributed by atoms with Gasteiger partial charge in [0.05, 0.1) is 0 Å². The third kappa shape index (κ3) is 2.74. The van der Waals surface area contributed by atoms with Gasteiger partial charge in [0.1, 0.15) is 5.82 Å². The highest BCUT2D eigenvalue weighted by atomic mass is 15.3. The molecular formula is C15H24N4. The summed E-state index contributed by atoms with van der Waals surface area (Å²) in [5.74, 6) is 1.11.